The standard InChI is InChI=1S/C31H45NO/c1-2-3-7-10-25-12-16-27(17-13-25)28-20-22-30(23-21-28)31(33)29-18-14-26(15-19-29)11-8-5-4-6-9-24-32/h4-6,9,12-13,16-17,26,28-31,33H,2-3,7-8,10-11,14-15,18-23H2,1H3. The first-order valence-electron chi connectivity index (χ1n) is 13.7. The van der Waals surface area contributed by atoms with Crippen molar-refractivity contribution in [3.63, 3.8) is 0 Å². The van der Waals surface area contributed by atoms with Gasteiger partial charge in [-0.2, -0.15) is 5.26 Å². The fourth-order valence-corrected chi connectivity index (χ4v) is 6.14. The van der Waals surface area contributed by atoms with Gasteiger partial charge in [-0.15, -0.1) is 0 Å². The summed E-state index contributed by atoms with van der Waals surface area (Å²) in [4.78, 5) is 0. The minimum atomic E-state index is -0.0937. The Kier molecular flexibility index (Phi) is 11.3. The maximum Gasteiger partial charge on any atom is 0.0912 e. The van der Waals surface area contributed by atoms with Gasteiger partial charge in [-0.1, -0.05) is 75.1 Å². The SMILES string of the molecule is CCCCCc1ccc(C2CCC(C(O)C3CCC(CCC=CC=CC#N)CC3)CC2)cc1. The van der Waals surface area contributed by atoms with Crippen molar-refractivity contribution in [1.82, 2.24) is 0 Å². The van der Waals surface area contributed by atoms with E-state index in [-0.39, 0.29) is 6.10 Å². The first kappa shape index (κ1) is 25.8. The molecule has 0 radical (unpaired) electrons. The molecule has 2 aliphatic carbocycles. The van der Waals surface area contributed by atoms with Crippen molar-refractivity contribution in [2.45, 2.75) is 109 Å². The molecule has 1 atom stereocenters. The molecule has 0 aromatic heterocycles. The fourth-order valence-electron chi connectivity index (χ4n) is 6.14. The minimum Gasteiger partial charge on any atom is -0.393 e. The third-order valence-corrected chi connectivity index (χ3v) is 8.31. The molecule has 180 valence electrons. The summed E-state index contributed by atoms with van der Waals surface area (Å²) in [5.74, 6) is 2.51. The van der Waals surface area contributed by atoms with Gasteiger partial charge >= 0.3 is 0 Å². The summed E-state index contributed by atoms with van der Waals surface area (Å²) < 4.78 is 0. The molecule has 3 rings (SSSR count). The lowest BCUT2D eigenvalue weighted by molar-refractivity contribution is 0.00971. The van der Waals surface area contributed by atoms with E-state index in [1.54, 1.807) is 0 Å². The van der Waals surface area contributed by atoms with Gasteiger partial charge in [0, 0.05) is 6.08 Å². The molecule has 0 saturated heterocycles. The van der Waals surface area contributed by atoms with Crippen LogP contribution in [-0.4, -0.2) is 11.2 Å². The number of unbranched alkanes of at least 4 members (excludes halogenated alkanes) is 2. The van der Waals surface area contributed by atoms with Crippen molar-refractivity contribution in [3.05, 3.63) is 59.7 Å². The van der Waals surface area contributed by atoms with Gasteiger partial charge < -0.3 is 5.11 Å². The smallest absolute Gasteiger partial charge is 0.0912 e. The third-order valence-electron chi connectivity index (χ3n) is 8.31. The van der Waals surface area contributed by atoms with Crippen LogP contribution in [0.4, 0.5) is 0 Å². The Bertz CT molecular complexity index is 755. The van der Waals surface area contributed by atoms with Crippen molar-refractivity contribution in [2.24, 2.45) is 17.8 Å². The summed E-state index contributed by atoms with van der Waals surface area (Å²) in [5, 5.41) is 19.6. The van der Waals surface area contributed by atoms with E-state index in [0.717, 1.165) is 12.3 Å². The lowest BCUT2D eigenvalue weighted by atomic mass is 9.70. The van der Waals surface area contributed by atoms with Gasteiger partial charge in [0.2, 0.25) is 0 Å². The van der Waals surface area contributed by atoms with Gasteiger partial charge in [0.1, 0.15) is 0 Å². The summed E-state index contributed by atoms with van der Waals surface area (Å²) in [6.07, 6.45) is 24.6. The van der Waals surface area contributed by atoms with Crippen molar-refractivity contribution < 1.29 is 5.11 Å². The van der Waals surface area contributed by atoms with Gasteiger partial charge in [0.15, 0.2) is 0 Å². The molecule has 2 aliphatic rings. The number of aliphatic hydroxyl groups is 1. The van der Waals surface area contributed by atoms with Gasteiger partial charge in [0.25, 0.3) is 0 Å². The molecule has 2 nitrogen and oxygen atoms in total. The monoisotopic (exact) mass is 447 g/mol. The summed E-state index contributed by atoms with van der Waals surface area (Å²) in [6.45, 7) is 2.26. The molecular formula is C31H45NO. The highest BCUT2D eigenvalue weighted by atomic mass is 16.3. The number of hydrogen-bond donors (Lipinski definition) is 1. The van der Waals surface area contributed by atoms with Crippen LogP contribution in [0.25, 0.3) is 0 Å². The molecule has 1 unspecified atom stereocenters. The molecule has 2 fully saturated rings. The second-order valence-corrected chi connectivity index (χ2v) is 10.6. The first-order valence-corrected chi connectivity index (χ1v) is 13.7. The van der Waals surface area contributed by atoms with E-state index < -0.39 is 0 Å². The average molecular weight is 448 g/mol. The summed E-state index contributed by atoms with van der Waals surface area (Å²) in [6, 6.07) is 11.5. The number of nitrogens with zero attached hydrogens (tertiary/aromatic N) is 1. The second-order valence-electron chi connectivity index (χ2n) is 10.6. The highest BCUT2D eigenvalue weighted by molar-refractivity contribution is 5.26. The molecule has 0 heterocycles. The maximum atomic E-state index is 11.1. The number of aliphatic hydroxyl groups excluding tert-OH is 1. The van der Waals surface area contributed by atoms with E-state index in [9.17, 15) is 5.11 Å². The van der Waals surface area contributed by atoms with Crippen LogP contribution in [0.5, 0.6) is 0 Å². The number of hydrogen-bond acceptors (Lipinski definition) is 2. The summed E-state index contributed by atoms with van der Waals surface area (Å²) in [5.41, 5.74) is 3.00. The summed E-state index contributed by atoms with van der Waals surface area (Å²) >= 11 is 0. The van der Waals surface area contributed by atoms with Gasteiger partial charge in [-0.25, -0.2) is 0 Å². The Balaban J connectivity index is 1.36. The van der Waals surface area contributed by atoms with Crippen LogP contribution in [0.1, 0.15) is 107 Å². The Labute approximate surface area is 202 Å². The number of rotatable bonds is 11. The van der Waals surface area contributed by atoms with Crippen molar-refractivity contribution in [3.8, 4) is 6.07 Å². The topological polar surface area (TPSA) is 44.0 Å². The lowest BCUT2D eigenvalue weighted by Crippen LogP contribution is -2.34. The van der Waals surface area contributed by atoms with Gasteiger partial charge in [0.05, 0.1) is 12.2 Å². The quantitative estimate of drug-likeness (QED) is 0.211. The van der Waals surface area contributed by atoms with Crippen LogP contribution in [-0.2, 0) is 6.42 Å². The molecule has 0 amide bonds. The van der Waals surface area contributed by atoms with E-state index >= 15 is 0 Å². The highest BCUT2D eigenvalue weighted by Gasteiger charge is 2.33. The first-order chi connectivity index (χ1) is 16.2. The average Bonchev–Trinajstić information content (AvgIpc) is 2.87. The van der Waals surface area contributed by atoms with Crippen molar-refractivity contribution in [1.29, 1.82) is 5.26 Å². The molecule has 1 aromatic rings. The molecule has 0 bridgehead atoms. The van der Waals surface area contributed by atoms with E-state index in [1.807, 2.05) is 18.2 Å². The lowest BCUT2D eigenvalue weighted by Gasteiger charge is -2.38. The molecular weight excluding hydrogens is 402 g/mol. The third kappa shape index (κ3) is 8.46. The number of aryl methyl sites for hydroxylation is 1. The van der Waals surface area contributed by atoms with Gasteiger partial charge in [-0.05, 0) is 99.0 Å². The zero-order valence-electron chi connectivity index (χ0n) is 20.8. The Morgan fingerprint density at radius 1 is 0.939 bits per heavy atom. The van der Waals surface area contributed by atoms with E-state index in [0.29, 0.717) is 17.8 Å². The molecule has 33 heavy (non-hydrogen) atoms. The Morgan fingerprint density at radius 2 is 1.61 bits per heavy atom. The van der Waals surface area contributed by atoms with E-state index in [1.165, 1.54) is 101 Å². The van der Waals surface area contributed by atoms with Crippen molar-refractivity contribution >= 4 is 0 Å². The van der Waals surface area contributed by atoms with Crippen LogP contribution in [0.3, 0.4) is 0 Å². The fraction of sp³-hybridized carbons (Fsp3) is 0.645. The second kappa shape index (κ2) is 14.4. The van der Waals surface area contributed by atoms with Crippen LogP contribution in [0.2, 0.25) is 0 Å². The minimum absolute atomic E-state index is 0.0937. The molecule has 0 aliphatic heterocycles. The molecule has 1 N–H and O–H groups in total. The largest absolute Gasteiger partial charge is 0.393 e. The Hall–Kier alpha value is -1.85. The zero-order chi connectivity index (χ0) is 23.3. The maximum absolute atomic E-state index is 11.1. The predicted octanol–water partition coefficient (Wildman–Crippen LogP) is 8.28. The number of allylic oxidation sites excluding steroid dienone is 4. The van der Waals surface area contributed by atoms with Crippen LogP contribution in [0.15, 0.2) is 48.6 Å². The van der Waals surface area contributed by atoms with E-state index in [2.05, 4.69) is 37.3 Å². The van der Waals surface area contributed by atoms with Gasteiger partial charge in [-0.3, -0.25) is 0 Å². The molecule has 2 heteroatoms. The molecule has 0 spiro atoms. The number of nitriles is 1. The normalized spacial score (nSPS) is 27.1. The number of benzene rings is 1. The van der Waals surface area contributed by atoms with Crippen LogP contribution < -0.4 is 0 Å². The van der Waals surface area contributed by atoms with Crippen LogP contribution in [0, 0.1) is 29.1 Å². The zero-order valence-corrected chi connectivity index (χ0v) is 20.8. The van der Waals surface area contributed by atoms with Crippen molar-refractivity contribution in [2.75, 3.05) is 0 Å². The predicted molar refractivity (Wildman–Crippen MR) is 139 cm³/mol. The van der Waals surface area contributed by atoms with Crippen LogP contribution >= 0.6 is 0 Å². The summed E-state index contributed by atoms with van der Waals surface area (Å²) in [7, 11) is 0. The molecule has 2 saturated carbocycles. The Morgan fingerprint density at radius 3 is 2.24 bits per heavy atom. The molecule has 1 aromatic carbocycles. The highest BCUT2D eigenvalue weighted by Crippen LogP contribution is 2.42. The van der Waals surface area contributed by atoms with E-state index in [4.69, 9.17) is 5.26 Å².